The number of amides is 1. The van der Waals surface area contributed by atoms with Gasteiger partial charge in [-0.3, -0.25) is 14.0 Å². The number of rotatable bonds is 4. The molecule has 1 amide bonds. The molecular formula is C26H26BrCl2N7O3. The summed E-state index contributed by atoms with van der Waals surface area (Å²) in [5, 5.41) is 8.66. The van der Waals surface area contributed by atoms with Gasteiger partial charge in [0.05, 0.1) is 49.0 Å². The van der Waals surface area contributed by atoms with Crippen LogP contribution in [0.5, 0.6) is 0 Å². The molecule has 1 fully saturated rings. The third kappa shape index (κ3) is 5.90. The molecule has 4 heterocycles. The summed E-state index contributed by atoms with van der Waals surface area (Å²) in [6.07, 6.45) is 7.88. The molecule has 0 saturated carbocycles. The highest BCUT2D eigenvalue weighted by Gasteiger charge is 2.28. The molecule has 1 N–H and O–H groups in total. The Morgan fingerprint density at radius 1 is 1.13 bits per heavy atom. The highest BCUT2D eigenvalue weighted by atomic mass is 79.9. The molecule has 0 radical (unpaired) electrons. The quantitative estimate of drug-likeness (QED) is 0.278. The molecule has 13 heteroatoms. The number of piperidine rings is 1. The van der Waals surface area contributed by atoms with Crippen LogP contribution in [0, 0.1) is 0 Å². The van der Waals surface area contributed by atoms with Crippen molar-refractivity contribution in [3.63, 3.8) is 0 Å². The van der Waals surface area contributed by atoms with Crippen molar-refractivity contribution in [2.75, 3.05) is 18.4 Å². The van der Waals surface area contributed by atoms with Crippen molar-refractivity contribution in [2.45, 2.75) is 45.3 Å². The highest BCUT2D eigenvalue weighted by Crippen LogP contribution is 2.30. The maximum Gasteiger partial charge on any atom is 0.410 e. The van der Waals surface area contributed by atoms with Crippen LogP contribution in [0.15, 0.2) is 52.3 Å². The van der Waals surface area contributed by atoms with Crippen LogP contribution in [0.4, 0.5) is 16.4 Å². The van der Waals surface area contributed by atoms with Gasteiger partial charge >= 0.3 is 6.09 Å². The van der Waals surface area contributed by atoms with Crippen molar-refractivity contribution in [1.29, 1.82) is 0 Å². The van der Waals surface area contributed by atoms with Crippen molar-refractivity contribution in [2.24, 2.45) is 0 Å². The lowest BCUT2D eigenvalue weighted by molar-refractivity contribution is 0.0185. The van der Waals surface area contributed by atoms with Crippen molar-refractivity contribution in [3.8, 4) is 5.69 Å². The third-order valence-electron chi connectivity index (χ3n) is 6.23. The van der Waals surface area contributed by atoms with Crippen molar-refractivity contribution >= 4 is 67.8 Å². The second-order valence-electron chi connectivity index (χ2n) is 10.2. The number of likely N-dealkylation sites (tertiary alicyclic amines) is 1. The average Bonchev–Trinajstić information content (AvgIpc) is 3.34. The average molecular weight is 635 g/mol. The fourth-order valence-corrected chi connectivity index (χ4v) is 5.49. The standard InChI is InChI=1S/C26H26BrCl2N7O3/c1-26(2,3)39-25(38)34-9-7-16(8-10-34)36-13-15(11-31-36)32-24-30-12-17-21(33-24)18(27)14-35(23(17)37)22-19(28)5-4-6-20(22)29/h4-6,11-14,16H,7-10H2,1-3H3,(H,30,32,33). The van der Waals surface area contributed by atoms with Crippen LogP contribution in [0.1, 0.15) is 39.7 Å². The minimum Gasteiger partial charge on any atom is -0.444 e. The van der Waals surface area contributed by atoms with Gasteiger partial charge in [0.1, 0.15) is 5.60 Å². The van der Waals surface area contributed by atoms with Crippen LogP contribution in [0.25, 0.3) is 16.6 Å². The van der Waals surface area contributed by atoms with E-state index in [1.54, 1.807) is 35.5 Å². The number of nitrogens with one attached hydrogen (secondary N) is 1. The van der Waals surface area contributed by atoms with Gasteiger partial charge in [0.15, 0.2) is 0 Å². The van der Waals surface area contributed by atoms with Gasteiger partial charge in [0, 0.05) is 31.7 Å². The molecular weight excluding hydrogens is 609 g/mol. The molecule has 10 nitrogen and oxygen atoms in total. The van der Waals surface area contributed by atoms with Gasteiger partial charge < -0.3 is 15.0 Å². The van der Waals surface area contributed by atoms with E-state index in [2.05, 4.69) is 36.3 Å². The summed E-state index contributed by atoms with van der Waals surface area (Å²) in [5.74, 6) is 0.315. The number of carbonyl (C=O) groups is 1. The van der Waals surface area contributed by atoms with Gasteiger partial charge in [-0.2, -0.15) is 5.10 Å². The topological polar surface area (TPSA) is 107 Å². The van der Waals surface area contributed by atoms with Gasteiger partial charge in [-0.1, -0.05) is 29.3 Å². The summed E-state index contributed by atoms with van der Waals surface area (Å²) >= 11 is 16.2. The zero-order chi connectivity index (χ0) is 27.9. The number of para-hydroxylation sites is 1. The number of fused-ring (bicyclic) bond motifs is 1. The van der Waals surface area contributed by atoms with Gasteiger partial charge in [-0.05, 0) is 61.7 Å². The molecule has 4 aromatic rings. The van der Waals surface area contributed by atoms with E-state index in [1.165, 1.54) is 10.8 Å². The SMILES string of the molecule is CC(C)(C)OC(=O)N1CCC(n2cc(Nc3ncc4c(=O)n(-c5c(Cl)cccc5Cl)cc(Br)c4n3)cn2)CC1. The fourth-order valence-electron chi connectivity index (χ4n) is 4.40. The van der Waals surface area contributed by atoms with E-state index in [0.29, 0.717) is 55.8 Å². The molecule has 204 valence electrons. The Morgan fingerprint density at radius 3 is 2.49 bits per heavy atom. The molecule has 0 spiro atoms. The van der Waals surface area contributed by atoms with E-state index < -0.39 is 5.60 Å². The minimum atomic E-state index is -0.517. The summed E-state index contributed by atoms with van der Waals surface area (Å²) in [6.45, 7) is 6.78. The lowest BCUT2D eigenvalue weighted by Crippen LogP contribution is -2.42. The highest BCUT2D eigenvalue weighted by molar-refractivity contribution is 9.10. The molecule has 39 heavy (non-hydrogen) atoms. The second-order valence-corrected chi connectivity index (χ2v) is 11.9. The van der Waals surface area contributed by atoms with Gasteiger partial charge in [0.2, 0.25) is 5.95 Å². The van der Waals surface area contributed by atoms with Gasteiger partial charge in [-0.15, -0.1) is 0 Å². The molecule has 0 atom stereocenters. The second kappa shape index (κ2) is 10.8. The van der Waals surface area contributed by atoms with Gasteiger partial charge in [-0.25, -0.2) is 14.8 Å². The molecule has 0 aliphatic carbocycles. The number of halogens is 3. The van der Waals surface area contributed by atoms with Crippen LogP contribution in [-0.4, -0.2) is 54.0 Å². The van der Waals surface area contributed by atoms with Gasteiger partial charge in [0.25, 0.3) is 5.56 Å². The van der Waals surface area contributed by atoms with E-state index >= 15 is 0 Å². The number of nitrogens with zero attached hydrogens (tertiary/aromatic N) is 6. The van der Waals surface area contributed by atoms with E-state index in [0.717, 1.165) is 12.8 Å². The number of benzene rings is 1. The van der Waals surface area contributed by atoms with Crippen LogP contribution in [0.2, 0.25) is 10.0 Å². The first kappa shape index (κ1) is 27.4. The molecule has 1 aliphatic rings. The molecule has 1 saturated heterocycles. The summed E-state index contributed by atoms with van der Waals surface area (Å²) < 4.78 is 9.32. The number of hydrogen-bond donors (Lipinski definition) is 1. The Morgan fingerprint density at radius 2 is 1.82 bits per heavy atom. The number of carbonyl (C=O) groups excluding carboxylic acids is 1. The fraction of sp³-hybridized carbons (Fsp3) is 0.346. The molecule has 1 aromatic carbocycles. The third-order valence-corrected chi connectivity index (χ3v) is 7.42. The Bertz CT molecular complexity index is 1590. The maximum absolute atomic E-state index is 13.2. The lowest BCUT2D eigenvalue weighted by atomic mass is 10.1. The summed E-state index contributed by atoms with van der Waals surface area (Å²) in [4.78, 5) is 36.2. The Balaban J connectivity index is 1.31. The maximum atomic E-state index is 13.2. The van der Waals surface area contributed by atoms with Crippen molar-refractivity contribution < 1.29 is 9.53 Å². The summed E-state index contributed by atoms with van der Waals surface area (Å²) in [7, 11) is 0. The number of anilines is 2. The van der Waals surface area contributed by atoms with Crippen molar-refractivity contribution in [1.82, 2.24) is 29.2 Å². The number of aromatic nitrogens is 5. The molecule has 0 bridgehead atoms. The molecule has 3 aromatic heterocycles. The Hall–Kier alpha value is -3.15. The predicted octanol–water partition coefficient (Wildman–Crippen LogP) is 6.36. The molecule has 0 unspecified atom stereocenters. The summed E-state index contributed by atoms with van der Waals surface area (Å²) in [6, 6.07) is 5.20. The van der Waals surface area contributed by atoms with Crippen LogP contribution < -0.4 is 10.9 Å². The van der Waals surface area contributed by atoms with E-state index in [4.69, 9.17) is 27.9 Å². The molecule has 5 rings (SSSR count). The number of ether oxygens (including phenoxy) is 1. The minimum absolute atomic E-state index is 0.154. The van der Waals surface area contributed by atoms with Crippen LogP contribution >= 0.6 is 39.1 Å². The first-order valence-electron chi connectivity index (χ1n) is 12.3. The first-order valence-corrected chi connectivity index (χ1v) is 13.9. The van der Waals surface area contributed by atoms with Crippen molar-refractivity contribution in [3.05, 3.63) is 67.9 Å². The Labute approximate surface area is 243 Å². The van der Waals surface area contributed by atoms with E-state index in [1.807, 2.05) is 31.6 Å². The Kier molecular flexibility index (Phi) is 7.58. The molecule has 1 aliphatic heterocycles. The zero-order valence-corrected chi connectivity index (χ0v) is 24.6. The largest absolute Gasteiger partial charge is 0.444 e. The van der Waals surface area contributed by atoms with Crippen LogP contribution in [-0.2, 0) is 4.74 Å². The number of hydrogen-bond acceptors (Lipinski definition) is 7. The number of pyridine rings is 1. The summed E-state index contributed by atoms with van der Waals surface area (Å²) in [5.41, 5.74) is 0.673. The zero-order valence-electron chi connectivity index (χ0n) is 21.5. The monoisotopic (exact) mass is 633 g/mol. The lowest BCUT2D eigenvalue weighted by Gasteiger charge is -2.33. The van der Waals surface area contributed by atoms with Crippen LogP contribution in [0.3, 0.4) is 0 Å². The predicted molar refractivity (Wildman–Crippen MR) is 154 cm³/mol. The first-order chi connectivity index (χ1) is 18.5. The van der Waals surface area contributed by atoms with E-state index in [-0.39, 0.29) is 17.7 Å². The van der Waals surface area contributed by atoms with E-state index in [9.17, 15) is 9.59 Å². The normalized spacial score (nSPS) is 14.6. The smallest absolute Gasteiger partial charge is 0.410 e.